The van der Waals surface area contributed by atoms with Crippen LogP contribution in [0.2, 0.25) is 0 Å². The van der Waals surface area contributed by atoms with Crippen molar-refractivity contribution in [3.63, 3.8) is 0 Å². The van der Waals surface area contributed by atoms with Crippen molar-refractivity contribution in [2.75, 3.05) is 30.3 Å². The lowest BCUT2D eigenvalue weighted by Crippen LogP contribution is -2.26. The number of pyridine rings is 1. The minimum atomic E-state index is -4.03. The van der Waals surface area contributed by atoms with Crippen molar-refractivity contribution in [3.8, 4) is 22.1 Å². The van der Waals surface area contributed by atoms with E-state index in [1.807, 2.05) is 13.8 Å². The molecule has 0 atom stereocenters. The number of esters is 1. The highest BCUT2D eigenvalue weighted by molar-refractivity contribution is 7.92. The average Bonchev–Trinajstić information content (AvgIpc) is 3.29. The molecule has 2 aromatic heterocycles. The molecule has 0 bridgehead atoms. The molecular weight excluding hydrogens is 528 g/mol. The first-order valence-corrected chi connectivity index (χ1v) is 14.7. The summed E-state index contributed by atoms with van der Waals surface area (Å²) in [5.74, 6) is 0.352. The molecule has 0 aliphatic heterocycles. The highest BCUT2D eigenvalue weighted by atomic mass is 32.2. The lowest BCUT2D eigenvalue weighted by molar-refractivity contribution is -0.149. The number of hydrogen-bond acceptors (Lipinski definition) is 10. The zero-order valence-corrected chi connectivity index (χ0v) is 23.2. The number of ether oxygens (including phenoxy) is 2. The highest BCUT2D eigenvalue weighted by Gasteiger charge is 2.27. The predicted octanol–water partition coefficient (Wildman–Crippen LogP) is 4.81. The molecule has 3 N–H and O–H groups in total. The quantitative estimate of drug-likeness (QED) is 0.235. The second-order valence-corrected chi connectivity index (χ2v) is 11.8. The van der Waals surface area contributed by atoms with Gasteiger partial charge in [0.1, 0.15) is 10.6 Å². The molecule has 1 aliphatic carbocycles. The van der Waals surface area contributed by atoms with E-state index in [1.54, 1.807) is 6.20 Å². The average molecular weight is 561 g/mol. The van der Waals surface area contributed by atoms with Gasteiger partial charge in [0.05, 0.1) is 30.2 Å². The molecule has 2 heterocycles. The van der Waals surface area contributed by atoms with E-state index >= 15 is 0 Å². The van der Waals surface area contributed by atoms with Gasteiger partial charge in [-0.25, -0.2) is 18.4 Å². The number of benzene rings is 1. The van der Waals surface area contributed by atoms with Gasteiger partial charge in [-0.05, 0) is 75.8 Å². The summed E-state index contributed by atoms with van der Waals surface area (Å²) >= 11 is 1.43. The molecule has 204 valence electrons. The van der Waals surface area contributed by atoms with Gasteiger partial charge in [-0.1, -0.05) is 11.3 Å². The van der Waals surface area contributed by atoms with Gasteiger partial charge in [-0.15, -0.1) is 0 Å². The Hall–Kier alpha value is -3.38. The number of hydrogen-bond donors (Lipinski definition) is 3. The Balaban J connectivity index is 1.46. The van der Waals surface area contributed by atoms with Crippen LogP contribution in [0.15, 0.2) is 41.4 Å². The zero-order chi connectivity index (χ0) is 27.3. The number of sulfonamides is 1. The molecule has 1 aliphatic rings. The van der Waals surface area contributed by atoms with Crippen LogP contribution in [0.4, 0.5) is 10.8 Å². The first-order chi connectivity index (χ1) is 18.2. The fourth-order valence-electron chi connectivity index (χ4n) is 4.48. The smallest absolute Gasteiger partial charge is 0.308 e. The van der Waals surface area contributed by atoms with E-state index in [4.69, 9.17) is 9.47 Å². The van der Waals surface area contributed by atoms with Crippen molar-refractivity contribution in [2.45, 2.75) is 44.4 Å². The maximum Gasteiger partial charge on any atom is 0.308 e. The standard InChI is InChI=1S/C26H32N4O6S2/c1-4-36-25(32)18-7-5-17(6-8-18)14-28-26-29-16(2)23(37-26)19-13-22(24(35-3)27-15-19)38(33,34)30-20-9-11-21(31)12-10-20/h9-13,15,17-18,30-31H,4-8,14H2,1-3H3,(H,28,29)/t17-,18-. The number of rotatable bonds is 10. The lowest BCUT2D eigenvalue weighted by Gasteiger charge is -2.27. The van der Waals surface area contributed by atoms with Gasteiger partial charge in [0.15, 0.2) is 5.13 Å². The minimum Gasteiger partial charge on any atom is -0.508 e. The molecule has 1 saturated carbocycles. The Morgan fingerprint density at radius 2 is 1.89 bits per heavy atom. The number of phenols is 1. The van der Waals surface area contributed by atoms with E-state index in [-0.39, 0.29) is 28.4 Å². The largest absolute Gasteiger partial charge is 0.508 e. The van der Waals surface area contributed by atoms with Crippen molar-refractivity contribution in [2.24, 2.45) is 11.8 Å². The Kier molecular flexibility index (Phi) is 8.72. The summed E-state index contributed by atoms with van der Waals surface area (Å²) in [7, 11) is -2.67. The van der Waals surface area contributed by atoms with Crippen molar-refractivity contribution in [3.05, 3.63) is 42.2 Å². The fourth-order valence-corrected chi connectivity index (χ4v) is 6.63. The van der Waals surface area contributed by atoms with Crippen LogP contribution in [-0.4, -0.2) is 49.7 Å². The third-order valence-corrected chi connectivity index (χ3v) is 9.03. The topological polar surface area (TPSA) is 140 Å². The minimum absolute atomic E-state index is 0.00325. The van der Waals surface area contributed by atoms with Gasteiger partial charge in [-0.2, -0.15) is 0 Å². The molecule has 1 fully saturated rings. The number of thiazole rings is 1. The molecule has 1 aromatic carbocycles. The number of phenolic OH excluding ortho intramolecular Hbond substituents is 1. The third-order valence-electron chi connectivity index (χ3n) is 6.49. The van der Waals surface area contributed by atoms with Gasteiger partial charge < -0.3 is 19.9 Å². The molecule has 0 amide bonds. The highest BCUT2D eigenvalue weighted by Crippen LogP contribution is 2.36. The van der Waals surface area contributed by atoms with Crippen LogP contribution in [0, 0.1) is 18.8 Å². The molecule has 12 heteroatoms. The van der Waals surface area contributed by atoms with E-state index in [9.17, 15) is 18.3 Å². The lowest BCUT2D eigenvalue weighted by atomic mass is 9.82. The van der Waals surface area contributed by atoms with Gasteiger partial charge >= 0.3 is 5.97 Å². The second kappa shape index (κ2) is 12.0. The number of aryl methyl sites for hydroxylation is 1. The maximum absolute atomic E-state index is 13.2. The van der Waals surface area contributed by atoms with Crippen LogP contribution in [0.25, 0.3) is 10.4 Å². The van der Waals surface area contributed by atoms with Gasteiger partial charge in [-0.3, -0.25) is 9.52 Å². The van der Waals surface area contributed by atoms with Crippen LogP contribution in [0.5, 0.6) is 11.6 Å². The molecule has 0 spiro atoms. The number of methoxy groups -OCH3 is 1. The van der Waals surface area contributed by atoms with Crippen LogP contribution in [-0.2, 0) is 19.6 Å². The van der Waals surface area contributed by atoms with E-state index in [0.717, 1.165) is 47.9 Å². The Labute approximate surface area is 226 Å². The summed E-state index contributed by atoms with van der Waals surface area (Å²) in [6, 6.07) is 7.24. The molecule has 0 saturated heterocycles. The summed E-state index contributed by atoms with van der Waals surface area (Å²) in [4.78, 5) is 21.5. The van der Waals surface area contributed by atoms with Crippen LogP contribution < -0.4 is 14.8 Å². The van der Waals surface area contributed by atoms with E-state index in [1.165, 1.54) is 48.8 Å². The van der Waals surface area contributed by atoms with Gasteiger partial charge in [0.25, 0.3) is 10.0 Å². The number of carbonyl (C=O) groups excluding carboxylic acids is 1. The number of nitrogens with one attached hydrogen (secondary N) is 2. The van der Waals surface area contributed by atoms with E-state index in [2.05, 4.69) is 20.0 Å². The van der Waals surface area contributed by atoms with Crippen molar-refractivity contribution >= 4 is 38.1 Å². The molecular formula is C26H32N4O6S2. The molecule has 4 rings (SSSR count). The van der Waals surface area contributed by atoms with Crippen LogP contribution in [0.3, 0.4) is 0 Å². The van der Waals surface area contributed by atoms with Crippen molar-refractivity contribution in [1.82, 2.24) is 9.97 Å². The van der Waals surface area contributed by atoms with Crippen molar-refractivity contribution in [1.29, 1.82) is 0 Å². The number of carbonyl (C=O) groups is 1. The van der Waals surface area contributed by atoms with E-state index < -0.39 is 10.0 Å². The monoisotopic (exact) mass is 560 g/mol. The summed E-state index contributed by atoms with van der Waals surface area (Å²) < 4.78 is 39.2. The molecule has 38 heavy (non-hydrogen) atoms. The third kappa shape index (κ3) is 6.54. The summed E-state index contributed by atoms with van der Waals surface area (Å²) in [6.07, 6.45) is 5.14. The molecule has 0 unspecified atom stereocenters. The predicted molar refractivity (Wildman–Crippen MR) is 146 cm³/mol. The van der Waals surface area contributed by atoms with Crippen LogP contribution in [0.1, 0.15) is 38.3 Å². The van der Waals surface area contributed by atoms with Gasteiger partial charge in [0, 0.05) is 24.0 Å². The van der Waals surface area contributed by atoms with Crippen LogP contribution >= 0.6 is 11.3 Å². The Morgan fingerprint density at radius 1 is 1.18 bits per heavy atom. The molecule has 3 aromatic rings. The maximum atomic E-state index is 13.2. The second-order valence-electron chi connectivity index (χ2n) is 9.17. The first-order valence-electron chi connectivity index (χ1n) is 12.4. The summed E-state index contributed by atoms with van der Waals surface area (Å²) in [6.45, 7) is 4.86. The number of aromatic nitrogens is 2. The SMILES string of the molecule is CCOC(=O)[C@H]1CC[C@H](CNc2nc(C)c(-c3cnc(OC)c(S(=O)(=O)Nc4ccc(O)cc4)c3)s2)CC1. The number of aromatic hydroxyl groups is 1. The zero-order valence-electron chi connectivity index (χ0n) is 21.6. The molecule has 0 radical (unpaired) electrons. The first kappa shape index (κ1) is 27.6. The van der Waals surface area contributed by atoms with E-state index in [0.29, 0.717) is 23.8 Å². The number of anilines is 2. The van der Waals surface area contributed by atoms with Gasteiger partial charge in [0.2, 0.25) is 5.88 Å². The fraction of sp³-hybridized carbons (Fsp3) is 0.423. The Bertz CT molecular complexity index is 1370. The Morgan fingerprint density at radius 3 is 2.55 bits per heavy atom. The normalized spacial score (nSPS) is 17.6. The van der Waals surface area contributed by atoms with Crippen molar-refractivity contribution < 1.29 is 27.8 Å². The summed E-state index contributed by atoms with van der Waals surface area (Å²) in [5.41, 5.74) is 1.66. The summed E-state index contributed by atoms with van der Waals surface area (Å²) in [5, 5.41) is 13.6. The molecule has 10 nitrogen and oxygen atoms in total. The number of nitrogens with zero attached hydrogens (tertiary/aromatic N) is 2.